The molecule has 0 aliphatic carbocycles. The number of rotatable bonds is 5. The predicted molar refractivity (Wildman–Crippen MR) is 103 cm³/mol. The molecule has 134 valence electrons. The Labute approximate surface area is 160 Å². The van der Waals surface area contributed by atoms with E-state index in [9.17, 15) is 14.4 Å². The molecule has 5 nitrogen and oxygen atoms in total. The Morgan fingerprint density at radius 1 is 0.926 bits per heavy atom. The van der Waals surface area contributed by atoms with Crippen LogP contribution in [0, 0.1) is 0 Å². The molecule has 0 saturated carbocycles. The van der Waals surface area contributed by atoms with Crippen molar-refractivity contribution in [1.82, 2.24) is 10.2 Å². The van der Waals surface area contributed by atoms with Crippen molar-refractivity contribution >= 4 is 29.1 Å². The van der Waals surface area contributed by atoms with Gasteiger partial charge in [0, 0.05) is 10.4 Å². The number of fused-ring (bicyclic) bond motifs is 1. The Morgan fingerprint density at radius 3 is 2.44 bits per heavy atom. The number of thiophene rings is 1. The highest BCUT2D eigenvalue weighted by Gasteiger charge is 2.35. The molecule has 0 fully saturated rings. The first-order valence-corrected chi connectivity index (χ1v) is 9.36. The highest BCUT2D eigenvalue weighted by molar-refractivity contribution is 7.09. The zero-order valence-electron chi connectivity index (χ0n) is 14.3. The highest BCUT2D eigenvalue weighted by Crippen LogP contribution is 2.25. The maximum Gasteiger partial charge on any atom is 0.261 e. The van der Waals surface area contributed by atoms with Gasteiger partial charge in [-0.25, -0.2) is 0 Å². The van der Waals surface area contributed by atoms with Crippen molar-refractivity contribution in [3.05, 3.63) is 93.2 Å². The van der Waals surface area contributed by atoms with E-state index in [0.717, 1.165) is 10.4 Å². The van der Waals surface area contributed by atoms with Gasteiger partial charge in [0.05, 0.1) is 24.2 Å². The van der Waals surface area contributed by atoms with E-state index in [1.807, 2.05) is 47.8 Å². The first-order valence-electron chi connectivity index (χ1n) is 8.48. The fourth-order valence-electron chi connectivity index (χ4n) is 3.02. The molecule has 4 rings (SSSR count). The summed E-state index contributed by atoms with van der Waals surface area (Å²) in [5.74, 6) is -0.968. The zero-order chi connectivity index (χ0) is 18.8. The molecule has 0 spiro atoms. The summed E-state index contributed by atoms with van der Waals surface area (Å²) >= 11 is 1.56. The molecule has 0 saturated heterocycles. The molecule has 2 aromatic carbocycles. The molecule has 0 unspecified atom stereocenters. The zero-order valence-corrected chi connectivity index (χ0v) is 15.2. The number of amides is 3. The Morgan fingerprint density at radius 2 is 1.70 bits per heavy atom. The first kappa shape index (κ1) is 17.2. The number of nitrogens with zero attached hydrogens (tertiary/aromatic N) is 1. The van der Waals surface area contributed by atoms with Crippen LogP contribution in [0.3, 0.4) is 0 Å². The van der Waals surface area contributed by atoms with Crippen molar-refractivity contribution in [3.8, 4) is 0 Å². The minimum Gasteiger partial charge on any atom is -0.347 e. The molecule has 1 aliphatic heterocycles. The third-order valence-corrected chi connectivity index (χ3v) is 5.30. The Balaban J connectivity index is 1.52. The van der Waals surface area contributed by atoms with E-state index in [4.69, 9.17) is 0 Å². The highest BCUT2D eigenvalue weighted by atomic mass is 32.1. The molecular formula is C21H16N2O3S. The van der Waals surface area contributed by atoms with Gasteiger partial charge < -0.3 is 5.32 Å². The first-order chi connectivity index (χ1) is 13.1. The molecule has 0 atom stereocenters. The fourth-order valence-corrected chi connectivity index (χ4v) is 3.67. The molecule has 0 bridgehead atoms. The van der Waals surface area contributed by atoms with Crippen molar-refractivity contribution in [3.63, 3.8) is 0 Å². The minimum atomic E-state index is -0.369. The van der Waals surface area contributed by atoms with E-state index >= 15 is 0 Å². The molecule has 1 aromatic heterocycles. The summed E-state index contributed by atoms with van der Waals surface area (Å²) in [5, 5.41) is 4.78. The lowest BCUT2D eigenvalue weighted by molar-refractivity contribution is 0.0642. The normalized spacial score (nSPS) is 13.0. The van der Waals surface area contributed by atoms with Crippen LogP contribution in [0.5, 0.6) is 0 Å². The van der Waals surface area contributed by atoms with E-state index in [0.29, 0.717) is 17.7 Å². The Bertz CT molecular complexity index is 1010. The second-order valence-corrected chi connectivity index (χ2v) is 7.24. The van der Waals surface area contributed by atoms with Crippen molar-refractivity contribution in [2.24, 2.45) is 0 Å². The van der Waals surface area contributed by atoms with Gasteiger partial charge in [-0.2, -0.15) is 0 Å². The monoisotopic (exact) mass is 376 g/mol. The molecular weight excluding hydrogens is 360 g/mol. The molecule has 1 aliphatic rings. The largest absolute Gasteiger partial charge is 0.347 e. The minimum absolute atomic E-state index is 0.215. The number of hydrogen-bond donors (Lipinski definition) is 1. The van der Waals surface area contributed by atoms with Crippen LogP contribution < -0.4 is 5.32 Å². The second kappa shape index (κ2) is 7.17. The summed E-state index contributed by atoms with van der Waals surface area (Å²) in [6.45, 7) is 0.647. The van der Waals surface area contributed by atoms with Crippen molar-refractivity contribution < 1.29 is 14.4 Å². The summed E-state index contributed by atoms with van der Waals surface area (Å²) in [7, 11) is 0. The molecule has 2 heterocycles. The Kier molecular flexibility index (Phi) is 4.56. The van der Waals surface area contributed by atoms with Crippen molar-refractivity contribution in [2.75, 3.05) is 0 Å². The van der Waals surface area contributed by atoms with Crippen molar-refractivity contribution in [2.45, 2.75) is 13.1 Å². The molecule has 3 amide bonds. The van der Waals surface area contributed by atoms with Crippen LogP contribution in [-0.4, -0.2) is 22.6 Å². The molecule has 27 heavy (non-hydrogen) atoms. The van der Waals surface area contributed by atoms with Crippen LogP contribution in [0.1, 0.15) is 41.5 Å². The van der Waals surface area contributed by atoms with Gasteiger partial charge in [0.25, 0.3) is 17.7 Å². The predicted octanol–water partition coefficient (Wildman–Crippen LogP) is 3.47. The maximum absolute atomic E-state index is 12.7. The van der Waals surface area contributed by atoms with E-state index in [2.05, 4.69) is 5.32 Å². The second-order valence-electron chi connectivity index (χ2n) is 6.20. The Hall–Kier alpha value is -3.25. The molecule has 1 N–H and O–H groups in total. The summed E-state index contributed by atoms with van der Waals surface area (Å²) in [4.78, 5) is 39.9. The van der Waals surface area contributed by atoms with Gasteiger partial charge in [0.15, 0.2) is 0 Å². The smallest absolute Gasteiger partial charge is 0.261 e. The average molecular weight is 376 g/mol. The fraction of sp³-hybridized carbons (Fsp3) is 0.0952. The van der Waals surface area contributed by atoms with Gasteiger partial charge in [-0.05, 0) is 35.2 Å². The third kappa shape index (κ3) is 3.39. The van der Waals surface area contributed by atoms with E-state index in [1.165, 1.54) is 11.0 Å². The molecule has 0 radical (unpaired) electrons. The average Bonchev–Trinajstić information content (AvgIpc) is 3.30. The number of hydrogen-bond acceptors (Lipinski definition) is 4. The number of imide groups is 1. The summed E-state index contributed by atoms with van der Waals surface area (Å²) in [5.41, 5.74) is 1.86. The van der Waals surface area contributed by atoms with Crippen LogP contribution in [0.15, 0.2) is 66.0 Å². The van der Waals surface area contributed by atoms with Crippen LogP contribution in [0.4, 0.5) is 0 Å². The topological polar surface area (TPSA) is 66.5 Å². The standard InChI is InChI=1S/C21H16N2O3S/c24-19(22-12-16-7-4-10-27-16)15-8-9-17-18(11-15)21(26)23(20(17)25)13-14-5-2-1-3-6-14/h1-11H,12-13H2,(H,22,24). The number of nitrogens with one attached hydrogen (secondary N) is 1. The lowest BCUT2D eigenvalue weighted by Crippen LogP contribution is -2.29. The maximum atomic E-state index is 12.7. The quantitative estimate of drug-likeness (QED) is 0.694. The summed E-state index contributed by atoms with van der Waals surface area (Å²) < 4.78 is 0. The number of carbonyl (C=O) groups is 3. The van der Waals surface area contributed by atoms with E-state index in [-0.39, 0.29) is 29.8 Å². The molecule has 6 heteroatoms. The van der Waals surface area contributed by atoms with Crippen LogP contribution in [0.25, 0.3) is 0 Å². The van der Waals surface area contributed by atoms with Crippen molar-refractivity contribution in [1.29, 1.82) is 0 Å². The number of carbonyl (C=O) groups excluding carboxylic acids is 3. The SMILES string of the molecule is O=C(NCc1cccs1)c1ccc2c(c1)C(=O)N(Cc1ccccc1)C2=O. The van der Waals surface area contributed by atoms with E-state index in [1.54, 1.807) is 23.5 Å². The lowest BCUT2D eigenvalue weighted by atomic mass is 10.1. The van der Waals surface area contributed by atoms with Gasteiger partial charge in [0.2, 0.25) is 0 Å². The molecule has 3 aromatic rings. The van der Waals surface area contributed by atoms with Gasteiger partial charge in [0.1, 0.15) is 0 Å². The lowest BCUT2D eigenvalue weighted by Gasteiger charge is -2.13. The van der Waals surface area contributed by atoms with Gasteiger partial charge in [-0.1, -0.05) is 36.4 Å². The van der Waals surface area contributed by atoms with Crippen LogP contribution >= 0.6 is 11.3 Å². The summed E-state index contributed by atoms with van der Waals surface area (Å²) in [6, 6.07) is 17.9. The summed E-state index contributed by atoms with van der Waals surface area (Å²) in [6.07, 6.45) is 0. The van der Waals surface area contributed by atoms with Crippen LogP contribution in [-0.2, 0) is 13.1 Å². The van der Waals surface area contributed by atoms with Crippen LogP contribution in [0.2, 0.25) is 0 Å². The van der Waals surface area contributed by atoms with Gasteiger partial charge >= 0.3 is 0 Å². The van der Waals surface area contributed by atoms with E-state index < -0.39 is 0 Å². The number of benzene rings is 2. The van der Waals surface area contributed by atoms with Gasteiger partial charge in [-0.3, -0.25) is 19.3 Å². The van der Waals surface area contributed by atoms with Gasteiger partial charge in [-0.15, -0.1) is 11.3 Å². The third-order valence-electron chi connectivity index (χ3n) is 4.42.